The quantitative estimate of drug-likeness (QED) is 0.138. The van der Waals surface area contributed by atoms with Gasteiger partial charge in [0.05, 0.1) is 18.1 Å². The first-order chi connectivity index (χ1) is 12.9. The summed E-state index contributed by atoms with van der Waals surface area (Å²) in [5.41, 5.74) is 0. The van der Waals surface area contributed by atoms with E-state index >= 15 is 0 Å². The van der Waals surface area contributed by atoms with Crippen LogP contribution in [0.15, 0.2) is 4.99 Å². The molecule has 11 heteroatoms. The molecule has 0 radical (unpaired) electrons. The first-order valence-corrected chi connectivity index (χ1v) is 11.4. The first-order valence-electron chi connectivity index (χ1n) is 9.55. The molecule has 0 aromatic heterocycles. The lowest BCUT2D eigenvalue weighted by Gasteiger charge is -2.16. The van der Waals surface area contributed by atoms with E-state index in [1.807, 2.05) is 6.92 Å². The zero-order chi connectivity index (χ0) is 20.1. The van der Waals surface area contributed by atoms with Crippen molar-refractivity contribution in [2.45, 2.75) is 32.2 Å². The fourth-order valence-corrected chi connectivity index (χ4v) is 4.44. The zero-order valence-electron chi connectivity index (χ0n) is 17.2. The number of carbonyl (C=O) groups is 1. The van der Waals surface area contributed by atoms with Gasteiger partial charge in [-0.2, -0.15) is 0 Å². The van der Waals surface area contributed by atoms with Crippen molar-refractivity contribution in [3.8, 4) is 0 Å². The number of aliphatic imine (C=N–C) groups is 1. The Labute approximate surface area is 186 Å². The Balaban J connectivity index is 0.00000729. The van der Waals surface area contributed by atoms with E-state index in [4.69, 9.17) is 4.74 Å². The predicted octanol–water partition coefficient (Wildman–Crippen LogP) is -0.179. The number of guanidine groups is 1. The van der Waals surface area contributed by atoms with Crippen molar-refractivity contribution in [3.05, 3.63) is 0 Å². The molecular weight excluding hydrogens is 497 g/mol. The summed E-state index contributed by atoms with van der Waals surface area (Å²) < 4.78 is 27.9. The van der Waals surface area contributed by atoms with E-state index in [9.17, 15) is 13.2 Å². The van der Waals surface area contributed by atoms with Crippen molar-refractivity contribution < 1.29 is 17.9 Å². The van der Waals surface area contributed by atoms with Gasteiger partial charge in [-0.25, -0.2) is 8.42 Å². The van der Waals surface area contributed by atoms with Gasteiger partial charge in [-0.3, -0.25) is 9.79 Å². The Hall–Kier alpha value is -0.660. The summed E-state index contributed by atoms with van der Waals surface area (Å²) in [7, 11) is 0.780. The largest absolute Gasteiger partial charge is 0.385 e. The monoisotopic (exact) mass is 533 g/mol. The minimum Gasteiger partial charge on any atom is -0.385 e. The fraction of sp³-hybridized carbons (Fsp3) is 0.882. The molecule has 0 saturated carbocycles. The molecule has 0 aromatic rings. The number of nitrogens with one attached hydrogen (secondary N) is 3. The first kappa shape index (κ1) is 27.3. The van der Waals surface area contributed by atoms with Crippen LogP contribution in [0.4, 0.5) is 0 Å². The molecule has 1 saturated heterocycles. The average Bonchev–Trinajstić information content (AvgIpc) is 2.93. The minimum atomic E-state index is -2.98. The van der Waals surface area contributed by atoms with Crippen molar-refractivity contribution in [2.75, 3.05) is 65.0 Å². The summed E-state index contributed by atoms with van der Waals surface area (Å²) in [6.07, 6.45) is 1.77. The number of ether oxygens (including phenoxy) is 1. The summed E-state index contributed by atoms with van der Waals surface area (Å²) in [5, 5.41) is 9.08. The SMILES string of the molecule is CCNC(=NCCN(C)CCCOC)NCCC(=O)NC1CCS(=O)(=O)C1.I. The number of hydrogen-bond donors (Lipinski definition) is 3. The molecule has 1 atom stereocenters. The van der Waals surface area contributed by atoms with Gasteiger partial charge in [-0.05, 0) is 26.8 Å². The molecule has 1 amide bonds. The van der Waals surface area contributed by atoms with Gasteiger partial charge >= 0.3 is 0 Å². The number of halogens is 1. The van der Waals surface area contributed by atoms with E-state index in [2.05, 4.69) is 32.9 Å². The van der Waals surface area contributed by atoms with E-state index in [-0.39, 0.29) is 53.9 Å². The molecule has 1 heterocycles. The Morgan fingerprint density at radius 2 is 2.04 bits per heavy atom. The number of amides is 1. The van der Waals surface area contributed by atoms with E-state index in [0.29, 0.717) is 25.5 Å². The van der Waals surface area contributed by atoms with Crippen molar-refractivity contribution in [1.82, 2.24) is 20.9 Å². The standard InChI is InChI=1S/C17H35N5O4S.HI/c1-4-18-17(20-9-11-22(2)10-5-12-26-3)19-8-6-16(23)21-15-7-13-27(24,25)14-15;/h15H,4-14H2,1-3H3,(H,21,23)(H2,18,19,20);1H. The van der Waals surface area contributed by atoms with Gasteiger partial charge in [0.2, 0.25) is 5.91 Å². The van der Waals surface area contributed by atoms with Crippen LogP contribution >= 0.6 is 24.0 Å². The third-order valence-corrected chi connectivity index (χ3v) is 5.99. The molecule has 0 aliphatic carbocycles. The van der Waals surface area contributed by atoms with Gasteiger partial charge in [0.1, 0.15) is 0 Å². The molecule has 28 heavy (non-hydrogen) atoms. The molecule has 0 spiro atoms. The maximum absolute atomic E-state index is 12.0. The van der Waals surface area contributed by atoms with Gasteiger partial charge in [0.15, 0.2) is 15.8 Å². The van der Waals surface area contributed by atoms with Crippen LogP contribution in [0, 0.1) is 0 Å². The van der Waals surface area contributed by atoms with E-state index in [1.54, 1.807) is 7.11 Å². The summed E-state index contributed by atoms with van der Waals surface area (Å²) in [4.78, 5) is 18.7. The molecule has 166 valence electrons. The van der Waals surface area contributed by atoms with Gasteiger partial charge in [-0.1, -0.05) is 0 Å². The molecule has 1 unspecified atom stereocenters. The van der Waals surface area contributed by atoms with E-state index in [0.717, 1.165) is 32.7 Å². The van der Waals surface area contributed by atoms with Crippen LogP contribution in [0.1, 0.15) is 26.2 Å². The molecule has 1 rings (SSSR count). The molecule has 1 aliphatic heterocycles. The number of sulfone groups is 1. The van der Waals surface area contributed by atoms with Crippen molar-refractivity contribution >= 4 is 45.7 Å². The number of rotatable bonds is 12. The number of nitrogens with zero attached hydrogens (tertiary/aromatic N) is 2. The molecular formula is C17H36IN5O4S. The number of hydrogen-bond acceptors (Lipinski definition) is 6. The number of carbonyl (C=O) groups excluding carboxylic acids is 1. The topological polar surface area (TPSA) is 112 Å². The smallest absolute Gasteiger partial charge is 0.222 e. The van der Waals surface area contributed by atoms with Crippen molar-refractivity contribution in [2.24, 2.45) is 4.99 Å². The molecule has 9 nitrogen and oxygen atoms in total. The van der Waals surface area contributed by atoms with Crippen molar-refractivity contribution in [1.29, 1.82) is 0 Å². The maximum atomic E-state index is 12.0. The molecule has 1 aliphatic rings. The minimum absolute atomic E-state index is 0. The second-order valence-electron chi connectivity index (χ2n) is 6.75. The summed E-state index contributed by atoms with van der Waals surface area (Å²) in [6, 6.07) is -0.252. The highest BCUT2D eigenvalue weighted by molar-refractivity contribution is 14.0. The summed E-state index contributed by atoms with van der Waals surface area (Å²) in [5.74, 6) is 0.749. The Kier molecular flexibility index (Phi) is 14.9. The van der Waals surface area contributed by atoms with Gasteiger partial charge < -0.3 is 25.6 Å². The van der Waals surface area contributed by atoms with Gasteiger partial charge in [-0.15, -0.1) is 24.0 Å². The van der Waals surface area contributed by atoms with Crippen LogP contribution in [0.5, 0.6) is 0 Å². The predicted molar refractivity (Wildman–Crippen MR) is 123 cm³/mol. The van der Waals surface area contributed by atoms with Crippen LogP contribution in [-0.4, -0.2) is 96.2 Å². The maximum Gasteiger partial charge on any atom is 0.222 e. The van der Waals surface area contributed by atoms with Crippen LogP contribution in [0.3, 0.4) is 0 Å². The van der Waals surface area contributed by atoms with E-state index in [1.165, 1.54) is 0 Å². The number of methoxy groups -OCH3 is 1. The van der Waals surface area contributed by atoms with Gasteiger partial charge in [0.25, 0.3) is 0 Å². The van der Waals surface area contributed by atoms with Crippen molar-refractivity contribution in [3.63, 3.8) is 0 Å². The average molecular weight is 533 g/mol. The molecule has 1 fully saturated rings. The third kappa shape index (κ3) is 12.7. The lowest BCUT2D eigenvalue weighted by Crippen LogP contribution is -2.41. The lowest BCUT2D eigenvalue weighted by atomic mass is 10.2. The Morgan fingerprint density at radius 3 is 2.64 bits per heavy atom. The number of likely N-dealkylation sites (N-methyl/N-ethyl adjacent to an activating group) is 1. The zero-order valence-corrected chi connectivity index (χ0v) is 20.3. The second-order valence-corrected chi connectivity index (χ2v) is 8.98. The van der Waals surface area contributed by atoms with Crippen LogP contribution < -0.4 is 16.0 Å². The highest BCUT2D eigenvalue weighted by Gasteiger charge is 2.28. The molecule has 3 N–H and O–H groups in total. The fourth-order valence-electron chi connectivity index (χ4n) is 2.77. The summed E-state index contributed by atoms with van der Waals surface area (Å²) >= 11 is 0. The lowest BCUT2D eigenvalue weighted by molar-refractivity contribution is -0.121. The molecule has 0 aromatic carbocycles. The Morgan fingerprint density at radius 1 is 1.29 bits per heavy atom. The van der Waals surface area contributed by atoms with Crippen LogP contribution in [0.25, 0.3) is 0 Å². The Bertz CT molecular complexity index is 574. The van der Waals surface area contributed by atoms with Gasteiger partial charge in [0, 0.05) is 52.4 Å². The van der Waals surface area contributed by atoms with Crippen LogP contribution in [-0.2, 0) is 19.4 Å². The van der Waals surface area contributed by atoms with E-state index < -0.39 is 9.84 Å². The highest BCUT2D eigenvalue weighted by Crippen LogP contribution is 2.11. The van der Waals surface area contributed by atoms with Crippen LogP contribution in [0.2, 0.25) is 0 Å². The third-order valence-electron chi connectivity index (χ3n) is 4.23. The molecule has 0 bridgehead atoms. The summed E-state index contributed by atoms with van der Waals surface area (Å²) in [6.45, 7) is 6.39. The normalized spacial score (nSPS) is 18.6. The second kappa shape index (κ2) is 15.2. The highest BCUT2D eigenvalue weighted by atomic mass is 127.